The van der Waals surface area contributed by atoms with Crippen LogP contribution in [0.25, 0.3) is 17.9 Å². The van der Waals surface area contributed by atoms with Crippen molar-refractivity contribution in [1.29, 1.82) is 0 Å². The zero-order chi connectivity index (χ0) is 32.5. The lowest BCUT2D eigenvalue weighted by atomic mass is 9.43. The van der Waals surface area contributed by atoms with Gasteiger partial charge in [0.2, 0.25) is 5.78 Å². The van der Waals surface area contributed by atoms with Crippen molar-refractivity contribution in [2.75, 3.05) is 0 Å². The van der Waals surface area contributed by atoms with Crippen molar-refractivity contribution < 1.29 is 34.8 Å². The topological polar surface area (TPSA) is 132 Å². The summed E-state index contributed by atoms with van der Waals surface area (Å²) in [6.07, 6.45) is 6.06. The molecule has 0 aromatic heterocycles. The molecule has 44 heavy (non-hydrogen) atoms. The van der Waals surface area contributed by atoms with Gasteiger partial charge in [-0.1, -0.05) is 78.0 Å². The van der Waals surface area contributed by atoms with Gasteiger partial charge in [0.05, 0.1) is 5.56 Å². The van der Waals surface area contributed by atoms with Crippen molar-refractivity contribution >= 4 is 35.3 Å². The molecule has 0 aliphatic heterocycles. The van der Waals surface area contributed by atoms with Gasteiger partial charge in [-0.25, -0.2) is 0 Å². The number of aryl methyl sites for hydroxylation is 2. The molecule has 0 spiro atoms. The lowest BCUT2D eigenvalue weighted by Gasteiger charge is -2.59. The van der Waals surface area contributed by atoms with Gasteiger partial charge in [-0.05, 0) is 72.4 Å². The Kier molecular flexibility index (Phi) is 7.57. The molecule has 4 N–H and O–H groups in total. The van der Waals surface area contributed by atoms with Crippen LogP contribution in [-0.4, -0.2) is 43.4 Å². The number of aliphatic hydroxyl groups is 3. The maximum atomic E-state index is 14.4. The molecular formula is C37H42O7. The van der Waals surface area contributed by atoms with E-state index in [0.717, 1.165) is 30.9 Å². The average Bonchev–Trinajstić information content (AvgIpc) is 2.94. The van der Waals surface area contributed by atoms with E-state index in [0.29, 0.717) is 5.56 Å². The number of Topliss-reactive ketones (excluding diaryl/α,β-unsaturated/α-hetero) is 3. The quantitative estimate of drug-likeness (QED) is 0.221. The molecule has 2 aromatic rings. The highest BCUT2D eigenvalue weighted by Gasteiger charge is 2.72. The van der Waals surface area contributed by atoms with Gasteiger partial charge in [0, 0.05) is 22.3 Å². The normalized spacial score (nSPS) is 28.4. The number of benzene rings is 2. The van der Waals surface area contributed by atoms with Gasteiger partial charge < -0.3 is 20.4 Å². The molecule has 0 radical (unpaired) electrons. The summed E-state index contributed by atoms with van der Waals surface area (Å²) in [6.45, 7) is 12.4. The second-order valence-electron chi connectivity index (χ2n) is 13.6. The molecule has 0 bridgehead atoms. The number of phenols is 1. The number of aromatic hydroxyl groups is 1. The number of allylic oxidation sites excluding steroid dienone is 1. The summed E-state index contributed by atoms with van der Waals surface area (Å²) in [5.74, 6) is -5.28. The third-order valence-electron chi connectivity index (χ3n) is 10.4. The highest BCUT2D eigenvalue weighted by molar-refractivity contribution is 6.24. The summed E-state index contributed by atoms with van der Waals surface area (Å²) in [4.78, 5) is 40.7. The molecule has 7 nitrogen and oxygen atoms in total. The van der Waals surface area contributed by atoms with E-state index in [1.807, 2.05) is 19.1 Å². The summed E-state index contributed by atoms with van der Waals surface area (Å²) >= 11 is 0. The van der Waals surface area contributed by atoms with Crippen LogP contribution in [0.2, 0.25) is 0 Å². The van der Waals surface area contributed by atoms with Crippen LogP contribution in [0.3, 0.4) is 0 Å². The number of aliphatic hydroxyl groups excluding tert-OH is 2. The van der Waals surface area contributed by atoms with Gasteiger partial charge in [0.25, 0.3) is 0 Å². The number of fused-ring (bicyclic) bond motifs is 3. The molecule has 3 aliphatic rings. The van der Waals surface area contributed by atoms with Crippen LogP contribution in [0.4, 0.5) is 0 Å². The van der Waals surface area contributed by atoms with Crippen LogP contribution in [0.1, 0.15) is 88.3 Å². The third-order valence-corrected chi connectivity index (χ3v) is 10.4. The minimum atomic E-state index is -2.62. The number of phenolic OH excluding ortho intramolecular Hbond substituents is 1. The Morgan fingerprint density at radius 3 is 2.25 bits per heavy atom. The van der Waals surface area contributed by atoms with Crippen molar-refractivity contribution in [3.63, 3.8) is 0 Å². The molecule has 1 saturated carbocycles. The van der Waals surface area contributed by atoms with Crippen LogP contribution in [-0.2, 0) is 33.6 Å². The number of rotatable bonds is 6. The van der Waals surface area contributed by atoms with E-state index in [4.69, 9.17) is 0 Å². The van der Waals surface area contributed by atoms with Gasteiger partial charge in [0.15, 0.2) is 17.2 Å². The van der Waals surface area contributed by atoms with Crippen LogP contribution >= 0.6 is 0 Å². The fourth-order valence-corrected chi connectivity index (χ4v) is 8.51. The Morgan fingerprint density at radius 1 is 1.00 bits per heavy atom. The van der Waals surface area contributed by atoms with Crippen LogP contribution in [0.15, 0.2) is 47.2 Å². The first kappa shape index (κ1) is 31.5. The van der Waals surface area contributed by atoms with Gasteiger partial charge in [-0.2, -0.15) is 0 Å². The molecule has 232 valence electrons. The van der Waals surface area contributed by atoms with Crippen molar-refractivity contribution in [3.8, 4) is 5.75 Å². The highest BCUT2D eigenvalue weighted by Crippen LogP contribution is 2.65. The Balaban J connectivity index is 1.71. The van der Waals surface area contributed by atoms with E-state index in [1.165, 1.54) is 17.2 Å². The molecule has 2 aromatic carbocycles. The van der Waals surface area contributed by atoms with E-state index in [1.54, 1.807) is 26.8 Å². The zero-order valence-electron chi connectivity index (χ0n) is 26.5. The van der Waals surface area contributed by atoms with Crippen LogP contribution in [0.5, 0.6) is 5.75 Å². The predicted molar refractivity (Wildman–Crippen MR) is 170 cm³/mol. The van der Waals surface area contributed by atoms with E-state index >= 15 is 0 Å². The van der Waals surface area contributed by atoms with Crippen molar-refractivity contribution in [1.82, 2.24) is 0 Å². The number of carbonyl (C=O) groups is 3. The maximum Gasteiger partial charge on any atom is 0.203 e. The predicted octanol–water partition coefficient (Wildman–Crippen LogP) is 6.49. The summed E-state index contributed by atoms with van der Waals surface area (Å²) in [7, 11) is 0. The smallest absolute Gasteiger partial charge is 0.203 e. The van der Waals surface area contributed by atoms with Gasteiger partial charge in [-0.3, -0.25) is 14.4 Å². The molecular weight excluding hydrogens is 556 g/mol. The first-order valence-corrected chi connectivity index (χ1v) is 15.4. The Bertz CT molecular complexity index is 1710. The van der Waals surface area contributed by atoms with E-state index in [-0.39, 0.29) is 35.6 Å². The summed E-state index contributed by atoms with van der Waals surface area (Å²) in [5.41, 5.74) is -0.807. The number of ketones is 3. The first-order chi connectivity index (χ1) is 20.6. The first-order valence-electron chi connectivity index (χ1n) is 15.4. The Morgan fingerprint density at radius 2 is 1.66 bits per heavy atom. The summed E-state index contributed by atoms with van der Waals surface area (Å²) in [6, 6.07) is 9.56. The molecule has 1 unspecified atom stereocenters. The second kappa shape index (κ2) is 10.6. The molecule has 7 heteroatoms. The number of carbonyl (C=O) groups excluding carboxylic acids is 3. The minimum Gasteiger partial charge on any atom is -0.508 e. The molecule has 4 atom stereocenters. The number of hydrogen-bond donors (Lipinski definition) is 4. The third kappa shape index (κ3) is 4.23. The fourth-order valence-electron chi connectivity index (χ4n) is 8.51. The molecule has 0 saturated heterocycles. The molecule has 1 fully saturated rings. The fraction of sp³-hybridized carbons (Fsp3) is 0.432. The maximum absolute atomic E-state index is 14.4. The standard InChI is InChI=1S/C37H42O7/c1-8-22-12-10-21(16-23(22)9-2)11-13-24-14-15-26(39)28-25(24)17-35(6)18-36(7)29(19(3)4)31(40)27(20(5)38)33(42)37(36,44)34(43)30(35)32(28)41/h10-16,19,29,39,41-42,44H,8-9,17-18H2,1-7H3/b13-11+/t29?,35-,36-,37+/m1/s1. The molecule has 0 amide bonds. The SMILES string of the molecule is CCc1ccc(/C=C/c2ccc(O)c3c2C[C@]2(C)C[C@]4(C)C(C(C)C)C(=O)C(C(C)=O)=C(O)[C@]4(O)C(=O)C2=C3O)cc1CC. The summed E-state index contributed by atoms with van der Waals surface area (Å²) in [5, 5.41) is 46.2. The molecule has 5 rings (SSSR count). The van der Waals surface area contributed by atoms with E-state index in [9.17, 15) is 34.8 Å². The largest absolute Gasteiger partial charge is 0.508 e. The van der Waals surface area contributed by atoms with E-state index < -0.39 is 56.8 Å². The van der Waals surface area contributed by atoms with Crippen LogP contribution in [0, 0.1) is 22.7 Å². The molecule has 3 aliphatic carbocycles. The monoisotopic (exact) mass is 598 g/mol. The van der Waals surface area contributed by atoms with Gasteiger partial charge >= 0.3 is 0 Å². The zero-order valence-corrected chi connectivity index (χ0v) is 26.5. The van der Waals surface area contributed by atoms with Gasteiger partial charge in [0.1, 0.15) is 22.8 Å². The average molecular weight is 599 g/mol. The number of hydrogen-bond acceptors (Lipinski definition) is 7. The second-order valence-corrected chi connectivity index (χ2v) is 13.6. The lowest BCUT2D eigenvalue weighted by Crippen LogP contribution is -2.69. The van der Waals surface area contributed by atoms with Crippen molar-refractivity contribution in [3.05, 3.63) is 80.6 Å². The van der Waals surface area contributed by atoms with Crippen LogP contribution < -0.4 is 0 Å². The lowest BCUT2D eigenvalue weighted by molar-refractivity contribution is -0.178. The highest BCUT2D eigenvalue weighted by atomic mass is 16.3. The van der Waals surface area contributed by atoms with Gasteiger partial charge in [-0.15, -0.1) is 0 Å². The van der Waals surface area contributed by atoms with Crippen molar-refractivity contribution in [2.24, 2.45) is 22.7 Å². The summed E-state index contributed by atoms with van der Waals surface area (Å²) < 4.78 is 0. The Hall–Kier alpha value is -3.97. The van der Waals surface area contributed by atoms with Crippen molar-refractivity contribution in [2.45, 2.75) is 79.8 Å². The van der Waals surface area contributed by atoms with E-state index in [2.05, 4.69) is 32.0 Å². The molecule has 0 heterocycles. The minimum absolute atomic E-state index is 0.0576. The Labute approximate surface area is 258 Å².